The summed E-state index contributed by atoms with van der Waals surface area (Å²) in [7, 11) is 0. The van der Waals surface area contributed by atoms with E-state index in [9.17, 15) is 18.0 Å². The summed E-state index contributed by atoms with van der Waals surface area (Å²) in [6.07, 6.45) is -2.98. The van der Waals surface area contributed by atoms with Gasteiger partial charge in [-0.15, -0.1) is 16.4 Å². The van der Waals surface area contributed by atoms with E-state index in [1.54, 1.807) is 29.6 Å². The zero-order valence-electron chi connectivity index (χ0n) is 15.7. The number of alkyl halides is 3. The highest BCUT2D eigenvalue weighted by Crippen LogP contribution is 2.31. The average Bonchev–Trinajstić information content (AvgIpc) is 3.40. The predicted octanol–water partition coefficient (Wildman–Crippen LogP) is 4.06. The van der Waals surface area contributed by atoms with Gasteiger partial charge < -0.3 is 10.6 Å². The van der Waals surface area contributed by atoms with Crippen molar-refractivity contribution in [2.24, 2.45) is 0 Å². The van der Waals surface area contributed by atoms with Crippen LogP contribution in [0.1, 0.15) is 11.3 Å². The highest BCUT2D eigenvalue weighted by Gasteiger charge is 2.30. The van der Waals surface area contributed by atoms with Crippen LogP contribution in [0.4, 0.5) is 29.7 Å². The van der Waals surface area contributed by atoms with Crippen molar-refractivity contribution in [1.29, 1.82) is 0 Å². The number of hydrogen-bond donors (Lipinski definition) is 2. The number of rotatable bonds is 6. The Morgan fingerprint density at radius 2 is 1.90 bits per heavy atom. The number of aromatic nitrogens is 5. The lowest BCUT2D eigenvalue weighted by atomic mass is 10.2. The summed E-state index contributed by atoms with van der Waals surface area (Å²) >= 11 is 1.20. The van der Waals surface area contributed by atoms with Gasteiger partial charge in [-0.25, -0.2) is 9.67 Å². The van der Waals surface area contributed by atoms with Crippen LogP contribution in [-0.2, 0) is 17.4 Å². The molecule has 4 rings (SSSR count). The van der Waals surface area contributed by atoms with Gasteiger partial charge >= 0.3 is 6.18 Å². The smallest absolute Gasteiger partial charge is 0.332 e. The molecule has 1 amide bonds. The van der Waals surface area contributed by atoms with Crippen LogP contribution < -0.4 is 10.6 Å². The second-order valence-corrected chi connectivity index (χ2v) is 7.24. The molecule has 2 N–H and O–H groups in total. The van der Waals surface area contributed by atoms with Crippen molar-refractivity contribution in [3.63, 3.8) is 0 Å². The van der Waals surface area contributed by atoms with E-state index < -0.39 is 11.7 Å². The molecule has 0 radical (unpaired) electrons. The highest BCUT2D eigenvalue weighted by atomic mass is 32.1. The lowest BCUT2D eigenvalue weighted by Gasteiger charge is -2.09. The monoisotopic (exact) mass is 445 g/mol. The van der Waals surface area contributed by atoms with E-state index in [1.165, 1.54) is 34.5 Å². The Morgan fingerprint density at radius 3 is 2.68 bits per heavy atom. The summed E-state index contributed by atoms with van der Waals surface area (Å²) in [5, 5.41) is 18.6. The maximum Gasteiger partial charge on any atom is 0.416 e. The van der Waals surface area contributed by atoms with Gasteiger partial charge in [0.2, 0.25) is 5.91 Å². The van der Waals surface area contributed by atoms with Gasteiger partial charge in [0.15, 0.2) is 5.13 Å². The zero-order chi connectivity index (χ0) is 21.8. The van der Waals surface area contributed by atoms with Crippen LogP contribution in [-0.4, -0.2) is 31.1 Å². The van der Waals surface area contributed by atoms with Crippen LogP contribution in [0.25, 0.3) is 5.69 Å². The summed E-state index contributed by atoms with van der Waals surface area (Å²) in [6.45, 7) is 0. The molecule has 0 atom stereocenters. The van der Waals surface area contributed by atoms with E-state index in [2.05, 4.69) is 31.1 Å². The number of amides is 1. The number of hydrogen-bond acceptors (Lipinski definition) is 7. The number of carbonyl (C=O) groups is 1. The van der Waals surface area contributed by atoms with E-state index >= 15 is 0 Å². The van der Waals surface area contributed by atoms with Crippen molar-refractivity contribution < 1.29 is 18.0 Å². The van der Waals surface area contributed by atoms with Gasteiger partial charge in [-0.3, -0.25) is 4.79 Å². The topological polar surface area (TPSA) is 97.6 Å². The minimum atomic E-state index is -4.43. The molecule has 4 aromatic rings. The Balaban J connectivity index is 1.38. The Morgan fingerprint density at radius 1 is 1.10 bits per heavy atom. The average molecular weight is 445 g/mol. The fourth-order valence-corrected chi connectivity index (χ4v) is 3.45. The number of thiazole rings is 1. The standard InChI is InChI=1S/C19H14F3N7OS/c20-19(21,22)12-3-1-4-13(7-12)25-18-26-15(10-31-18)9-17(30)24-14-5-2-6-16(8-14)29-11-23-27-28-29/h1-8,10-11H,9H2,(H,24,30)(H,25,26). The number of anilines is 3. The first-order chi connectivity index (χ1) is 14.9. The predicted molar refractivity (Wildman–Crippen MR) is 108 cm³/mol. The van der Waals surface area contributed by atoms with E-state index in [1.807, 2.05) is 0 Å². The first-order valence-corrected chi connectivity index (χ1v) is 9.77. The molecule has 0 spiro atoms. The van der Waals surface area contributed by atoms with Crippen LogP contribution in [0.5, 0.6) is 0 Å². The van der Waals surface area contributed by atoms with Crippen molar-refractivity contribution in [3.05, 3.63) is 71.5 Å². The van der Waals surface area contributed by atoms with Crippen molar-refractivity contribution >= 4 is 33.8 Å². The Labute approximate surface area is 177 Å². The number of nitrogens with one attached hydrogen (secondary N) is 2. The normalized spacial score (nSPS) is 11.3. The van der Waals surface area contributed by atoms with Crippen molar-refractivity contribution in [2.75, 3.05) is 10.6 Å². The fraction of sp³-hybridized carbons (Fsp3) is 0.105. The molecule has 0 saturated carbocycles. The van der Waals surface area contributed by atoms with E-state index in [0.29, 0.717) is 22.2 Å². The zero-order valence-corrected chi connectivity index (χ0v) is 16.5. The molecule has 0 fully saturated rings. The molecule has 0 bridgehead atoms. The molecule has 0 unspecified atom stereocenters. The first kappa shape index (κ1) is 20.5. The molecule has 158 valence electrons. The Bertz CT molecular complexity index is 1190. The number of halogens is 3. The minimum absolute atomic E-state index is 0.00980. The lowest BCUT2D eigenvalue weighted by molar-refractivity contribution is -0.137. The minimum Gasteiger partial charge on any atom is -0.332 e. The number of benzene rings is 2. The van der Waals surface area contributed by atoms with Crippen molar-refractivity contribution in [1.82, 2.24) is 25.2 Å². The van der Waals surface area contributed by atoms with Gasteiger partial charge in [0.05, 0.1) is 23.4 Å². The van der Waals surface area contributed by atoms with Crippen LogP contribution in [0, 0.1) is 0 Å². The Kier molecular flexibility index (Phi) is 5.62. The Hall–Kier alpha value is -3.80. The molecule has 2 heterocycles. The summed E-state index contributed by atoms with van der Waals surface area (Å²) < 4.78 is 40.0. The second-order valence-electron chi connectivity index (χ2n) is 6.38. The van der Waals surface area contributed by atoms with Gasteiger partial charge in [-0.1, -0.05) is 12.1 Å². The second kappa shape index (κ2) is 8.52. The quantitative estimate of drug-likeness (QED) is 0.465. The van der Waals surface area contributed by atoms with Gasteiger partial charge in [0.1, 0.15) is 6.33 Å². The van der Waals surface area contributed by atoms with Crippen LogP contribution in [0.3, 0.4) is 0 Å². The molecule has 0 aliphatic rings. The third-order valence-electron chi connectivity index (χ3n) is 4.08. The van der Waals surface area contributed by atoms with Crippen molar-refractivity contribution in [2.45, 2.75) is 12.6 Å². The summed E-state index contributed by atoms with van der Waals surface area (Å²) in [5.41, 5.74) is 1.25. The number of carbonyl (C=O) groups excluding carboxylic acids is 1. The lowest BCUT2D eigenvalue weighted by Crippen LogP contribution is -2.14. The molecular formula is C19H14F3N7OS. The molecule has 2 aromatic carbocycles. The SMILES string of the molecule is O=C(Cc1csc(Nc2cccc(C(F)(F)F)c2)n1)Nc1cccc(-n2cnnn2)c1. The maximum absolute atomic E-state index is 12.8. The van der Waals surface area contributed by atoms with E-state index in [-0.39, 0.29) is 18.0 Å². The molecule has 2 aromatic heterocycles. The third-order valence-corrected chi connectivity index (χ3v) is 4.88. The third kappa shape index (κ3) is 5.22. The summed E-state index contributed by atoms with van der Waals surface area (Å²) in [4.78, 5) is 16.6. The van der Waals surface area contributed by atoms with Crippen LogP contribution in [0.2, 0.25) is 0 Å². The molecule has 31 heavy (non-hydrogen) atoms. The molecule has 12 heteroatoms. The van der Waals surface area contributed by atoms with Gasteiger partial charge in [0, 0.05) is 16.8 Å². The first-order valence-electron chi connectivity index (χ1n) is 8.89. The van der Waals surface area contributed by atoms with Gasteiger partial charge in [-0.05, 0) is 46.8 Å². The highest BCUT2D eigenvalue weighted by molar-refractivity contribution is 7.13. The number of nitrogens with zero attached hydrogens (tertiary/aromatic N) is 5. The van der Waals surface area contributed by atoms with Crippen molar-refractivity contribution in [3.8, 4) is 5.69 Å². The van der Waals surface area contributed by atoms with Gasteiger partial charge in [0.25, 0.3) is 0 Å². The molecule has 0 aliphatic carbocycles. The summed E-state index contributed by atoms with van der Waals surface area (Å²) in [5.74, 6) is -0.287. The molecular weight excluding hydrogens is 431 g/mol. The van der Waals surface area contributed by atoms with Crippen LogP contribution in [0.15, 0.2) is 60.2 Å². The maximum atomic E-state index is 12.8. The fourth-order valence-electron chi connectivity index (χ4n) is 2.72. The van der Waals surface area contributed by atoms with Gasteiger partial charge in [-0.2, -0.15) is 13.2 Å². The largest absolute Gasteiger partial charge is 0.416 e. The van der Waals surface area contributed by atoms with E-state index in [4.69, 9.17) is 0 Å². The van der Waals surface area contributed by atoms with Crippen LogP contribution >= 0.6 is 11.3 Å². The molecule has 0 aliphatic heterocycles. The summed E-state index contributed by atoms with van der Waals surface area (Å²) in [6, 6.07) is 11.8. The molecule has 0 saturated heterocycles. The molecule has 8 nitrogen and oxygen atoms in total. The number of tetrazole rings is 1. The van der Waals surface area contributed by atoms with E-state index in [0.717, 1.165) is 12.1 Å².